The largest absolute Gasteiger partial charge is 0.340 e. The van der Waals surface area contributed by atoms with Crippen LogP contribution in [0.3, 0.4) is 0 Å². The van der Waals surface area contributed by atoms with E-state index in [2.05, 4.69) is 45.3 Å². The van der Waals surface area contributed by atoms with Gasteiger partial charge in [-0.25, -0.2) is 4.98 Å². The molecule has 0 bridgehead atoms. The normalized spacial score (nSPS) is 16.4. The molecule has 4 nitrogen and oxygen atoms in total. The average Bonchev–Trinajstić information content (AvgIpc) is 2.83. The lowest BCUT2D eigenvalue weighted by molar-refractivity contribution is 0.582. The number of imidazole rings is 1. The number of aromatic nitrogens is 2. The summed E-state index contributed by atoms with van der Waals surface area (Å²) in [6.07, 6.45) is 2.32. The van der Waals surface area contributed by atoms with Crippen LogP contribution in [0.4, 0.5) is 5.95 Å². The first kappa shape index (κ1) is 11.5. The zero-order valence-corrected chi connectivity index (χ0v) is 10.9. The molecular formula is C14H20N4. The van der Waals surface area contributed by atoms with E-state index in [0.29, 0.717) is 0 Å². The monoisotopic (exact) mass is 244 g/mol. The van der Waals surface area contributed by atoms with Gasteiger partial charge in [-0.15, -0.1) is 0 Å². The standard InChI is InChI=1S/C14H20N4/c1-2-3-11-4-5-12-13(10-11)17-14(16-12)18-8-6-15-7-9-18/h4-5,10,15H,2-3,6-9H2,1H3,(H,16,17). The van der Waals surface area contributed by atoms with E-state index in [1.165, 1.54) is 12.0 Å². The molecule has 0 amide bonds. The van der Waals surface area contributed by atoms with Gasteiger partial charge in [0.05, 0.1) is 11.0 Å². The van der Waals surface area contributed by atoms with Crippen molar-refractivity contribution < 1.29 is 0 Å². The number of nitrogens with one attached hydrogen (secondary N) is 2. The topological polar surface area (TPSA) is 44.0 Å². The molecule has 0 unspecified atom stereocenters. The van der Waals surface area contributed by atoms with Gasteiger partial charge in [-0.1, -0.05) is 19.4 Å². The first-order valence-electron chi connectivity index (χ1n) is 6.81. The molecule has 0 aliphatic carbocycles. The third-order valence-electron chi connectivity index (χ3n) is 3.49. The quantitative estimate of drug-likeness (QED) is 0.867. The molecule has 1 aliphatic rings. The highest BCUT2D eigenvalue weighted by atomic mass is 15.3. The summed E-state index contributed by atoms with van der Waals surface area (Å²) in [5.41, 5.74) is 3.62. The van der Waals surface area contributed by atoms with Crippen molar-refractivity contribution in [3.8, 4) is 0 Å². The van der Waals surface area contributed by atoms with Gasteiger partial charge in [0.1, 0.15) is 0 Å². The van der Waals surface area contributed by atoms with E-state index in [0.717, 1.165) is 49.6 Å². The highest BCUT2D eigenvalue weighted by Crippen LogP contribution is 2.19. The van der Waals surface area contributed by atoms with Gasteiger partial charge in [0, 0.05) is 26.2 Å². The maximum absolute atomic E-state index is 4.68. The zero-order chi connectivity index (χ0) is 12.4. The number of aromatic amines is 1. The highest BCUT2D eigenvalue weighted by molar-refractivity contribution is 5.78. The number of nitrogens with zero attached hydrogens (tertiary/aromatic N) is 2. The number of fused-ring (bicyclic) bond motifs is 1. The number of hydrogen-bond acceptors (Lipinski definition) is 3. The lowest BCUT2D eigenvalue weighted by Gasteiger charge is -2.26. The molecule has 0 spiro atoms. The maximum atomic E-state index is 4.68. The van der Waals surface area contributed by atoms with Crippen LogP contribution in [0.25, 0.3) is 11.0 Å². The van der Waals surface area contributed by atoms with Gasteiger partial charge in [0.25, 0.3) is 0 Å². The summed E-state index contributed by atoms with van der Waals surface area (Å²) in [7, 11) is 0. The Balaban J connectivity index is 1.89. The predicted molar refractivity (Wildman–Crippen MR) is 75.2 cm³/mol. The highest BCUT2D eigenvalue weighted by Gasteiger charge is 2.14. The fourth-order valence-electron chi connectivity index (χ4n) is 2.51. The summed E-state index contributed by atoms with van der Waals surface area (Å²) in [5.74, 6) is 1.01. The molecule has 1 saturated heterocycles. The van der Waals surface area contributed by atoms with Crippen molar-refractivity contribution >= 4 is 17.0 Å². The number of piperazine rings is 1. The lowest BCUT2D eigenvalue weighted by Crippen LogP contribution is -2.44. The molecule has 1 aliphatic heterocycles. The molecule has 18 heavy (non-hydrogen) atoms. The molecule has 0 saturated carbocycles. The number of anilines is 1. The Labute approximate surface area is 107 Å². The second-order valence-electron chi connectivity index (χ2n) is 4.90. The minimum absolute atomic E-state index is 1.01. The van der Waals surface area contributed by atoms with Crippen LogP contribution in [-0.2, 0) is 6.42 Å². The van der Waals surface area contributed by atoms with Gasteiger partial charge in [-0.3, -0.25) is 0 Å². The van der Waals surface area contributed by atoms with Gasteiger partial charge in [-0.2, -0.15) is 0 Å². The SMILES string of the molecule is CCCc1ccc2nc(N3CCNCC3)[nH]c2c1. The first-order valence-corrected chi connectivity index (χ1v) is 6.81. The van der Waals surface area contributed by atoms with Crippen LogP contribution >= 0.6 is 0 Å². The molecule has 2 N–H and O–H groups in total. The van der Waals surface area contributed by atoms with Gasteiger partial charge in [0.2, 0.25) is 5.95 Å². The summed E-state index contributed by atoms with van der Waals surface area (Å²) in [6, 6.07) is 6.55. The van der Waals surface area contributed by atoms with Crippen LogP contribution in [-0.4, -0.2) is 36.1 Å². The van der Waals surface area contributed by atoms with Gasteiger partial charge >= 0.3 is 0 Å². The fourth-order valence-corrected chi connectivity index (χ4v) is 2.51. The number of H-pyrrole nitrogens is 1. The third-order valence-corrected chi connectivity index (χ3v) is 3.49. The van der Waals surface area contributed by atoms with Crippen molar-refractivity contribution in [3.63, 3.8) is 0 Å². The van der Waals surface area contributed by atoms with Crippen molar-refractivity contribution in [2.75, 3.05) is 31.1 Å². The van der Waals surface area contributed by atoms with Crippen LogP contribution in [0.15, 0.2) is 18.2 Å². The Morgan fingerprint density at radius 3 is 2.89 bits per heavy atom. The van der Waals surface area contributed by atoms with Gasteiger partial charge in [-0.05, 0) is 24.1 Å². The smallest absolute Gasteiger partial charge is 0.203 e. The first-order chi connectivity index (χ1) is 8.86. The Bertz CT molecular complexity index is 526. The molecule has 4 heteroatoms. The molecule has 2 aromatic rings. The number of rotatable bonds is 3. The van der Waals surface area contributed by atoms with Crippen molar-refractivity contribution in [3.05, 3.63) is 23.8 Å². The lowest BCUT2D eigenvalue weighted by atomic mass is 10.1. The van der Waals surface area contributed by atoms with Gasteiger partial charge in [0.15, 0.2) is 0 Å². The predicted octanol–water partition coefficient (Wildman–Crippen LogP) is 1.92. The van der Waals surface area contributed by atoms with Crippen LogP contribution in [0, 0.1) is 0 Å². The zero-order valence-electron chi connectivity index (χ0n) is 10.9. The van der Waals surface area contributed by atoms with Crippen LogP contribution in [0.2, 0.25) is 0 Å². The average molecular weight is 244 g/mol. The second kappa shape index (κ2) is 4.98. The fraction of sp³-hybridized carbons (Fsp3) is 0.500. The van der Waals surface area contributed by atoms with Crippen LogP contribution in [0.1, 0.15) is 18.9 Å². The summed E-state index contributed by atoms with van der Waals surface area (Å²) in [5, 5.41) is 3.36. The summed E-state index contributed by atoms with van der Waals surface area (Å²) >= 11 is 0. The molecule has 0 atom stereocenters. The van der Waals surface area contributed by atoms with Gasteiger partial charge < -0.3 is 15.2 Å². The molecule has 0 radical (unpaired) electrons. The minimum Gasteiger partial charge on any atom is -0.340 e. The second-order valence-corrected chi connectivity index (χ2v) is 4.90. The maximum Gasteiger partial charge on any atom is 0.203 e. The third kappa shape index (κ3) is 2.20. The van der Waals surface area contributed by atoms with Crippen molar-refractivity contribution in [2.45, 2.75) is 19.8 Å². The summed E-state index contributed by atoms with van der Waals surface area (Å²) in [4.78, 5) is 10.4. The Kier molecular flexibility index (Phi) is 3.19. The summed E-state index contributed by atoms with van der Waals surface area (Å²) in [6.45, 7) is 6.35. The molecule has 1 aromatic carbocycles. The van der Waals surface area contributed by atoms with E-state index in [1.807, 2.05) is 0 Å². The van der Waals surface area contributed by atoms with Crippen molar-refractivity contribution in [2.24, 2.45) is 0 Å². The minimum atomic E-state index is 1.01. The molecular weight excluding hydrogens is 224 g/mol. The Morgan fingerprint density at radius 2 is 2.11 bits per heavy atom. The van der Waals surface area contributed by atoms with Crippen LogP contribution in [0.5, 0.6) is 0 Å². The summed E-state index contributed by atoms with van der Waals surface area (Å²) < 4.78 is 0. The molecule has 96 valence electrons. The molecule has 1 fully saturated rings. The van der Waals surface area contributed by atoms with Crippen molar-refractivity contribution in [1.29, 1.82) is 0 Å². The van der Waals surface area contributed by atoms with E-state index < -0.39 is 0 Å². The van der Waals surface area contributed by atoms with E-state index >= 15 is 0 Å². The number of hydrogen-bond donors (Lipinski definition) is 2. The van der Waals surface area contributed by atoms with Crippen LogP contribution < -0.4 is 10.2 Å². The molecule has 3 rings (SSSR count). The molecule has 1 aromatic heterocycles. The number of benzene rings is 1. The van der Waals surface area contributed by atoms with E-state index in [4.69, 9.17) is 0 Å². The Hall–Kier alpha value is -1.55. The molecule has 2 heterocycles. The Morgan fingerprint density at radius 1 is 1.28 bits per heavy atom. The van der Waals surface area contributed by atoms with Crippen molar-refractivity contribution in [1.82, 2.24) is 15.3 Å². The van der Waals surface area contributed by atoms with E-state index in [-0.39, 0.29) is 0 Å². The van der Waals surface area contributed by atoms with E-state index in [1.54, 1.807) is 0 Å². The van der Waals surface area contributed by atoms with E-state index in [9.17, 15) is 0 Å². The number of aryl methyl sites for hydroxylation is 1.